The van der Waals surface area contributed by atoms with Gasteiger partial charge in [-0.25, -0.2) is 13.2 Å². The molecule has 0 aromatic carbocycles. The lowest BCUT2D eigenvalue weighted by atomic mass is 10.2. The molecule has 126 valence electrons. The van der Waals surface area contributed by atoms with Crippen LogP contribution in [0.5, 0.6) is 0 Å². The van der Waals surface area contributed by atoms with Gasteiger partial charge in [0.25, 0.3) is 5.91 Å². The van der Waals surface area contributed by atoms with Gasteiger partial charge in [0.1, 0.15) is 0 Å². The van der Waals surface area contributed by atoms with Crippen molar-refractivity contribution in [2.45, 2.75) is 25.5 Å². The number of hydrogen-bond donors (Lipinski definition) is 0. The van der Waals surface area contributed by atoms with E-state index in [4.69, 9.17) is 4.74 Å². The zero-order chi connectivity index (χ0) is 17.0. The summed E-state index contributed by atoms with van der Waals surface area (Å²) in [6.45, 7) is 1.48. The molecule has 0 bridgehead atoms. The van der Waals surface area contributed by atoms with Crippen LogP contribution in [0.4, 0.5) is 0 Å². The third kappa shape index (κ3) is 4.90. The van der Waals surface area contributed by atoms with Crippen molar-refractivity contribution >= 4 is 39.1 Å². The average Bonchev–Trinajstić information content (AvgIpc) is 3.12. The zero-order valence-corrected chi connectivity index (χ0v) is 14.6. The van der Waals surface area contributed by atoms with Crippen LogP contribution in [0.1, 0.15) is 18.9 Å². The number of nitrogens with zero attached hydrogens (tertiary/aromatic N) is 1. The molecule has 0 radical (unpaired) electrons. The molecule has 1 aliphatic rings. The molecule has 0 aliphatic carbocycles. The molecular formula is C15H19NO5S2. The molecule has 1 aliphatic heterocycles. The monoisotopic (exact) mass is 357 g/mol. The predicted molar refractivity (Wildman–Crippen MR) is 88.7 cm³/mol. The van der Waals surface area contributed by atoms with Gasteiger partial charge >= 0.3 is 5.97 Å². The molecule has 0 saturated carbocycles. The largest absolute Gasteiger partial charge is 0.449 e. The minimum absolute atomic E-state index is 0.0338. The molecule has 0 spiro atoms. The minimum atomic E-state index is -3.07. The highest BCUT2D eigenvalue weighted by Gasteiger charge is 2.34. The Balaban J connectivity index is 1.88. The lowest BCUT2D eigenvalue weighted by Gasteiger charge is -2.26. The van der Waals surface area contributed by atoms with Crippen molar-refractivity contribution in [2.75, 3.05) is 18.6 Å². The summed E-state index contributed by atoms with van der Waals surface area (Å²) >= 11 is 1.51. The van der Waals surface area contributed by atoms with Crippen molar-refractivity contribution in [3.63, 3.8) is 0 Å². The summed E-state index contributed by atoms with van der Waals surface area (Å²) in [6, 6.07) is 1.51. The third-order valence-corrected chi connectivity index (χ3v) is 6.15. The maximum Gasteiger partial charge on any atom is 0.331 e. The second-order valence-electron chi connectivity index (χ2n) is 5.48. The Labute approximate surface area is 139 Å². The highest BCUT2D eigenvalue weighted by atomic mass is 32.2. The van der Waals surface area contributed by atoms with E-state index in [9.17, 15) is 18.0 Å². The van der Waals surface area contributed by atoms with Crippen molar-refractivity contribution < 1.29 is 22.7 Å². The number of rotatable bonds is 5. The fourth-order valence-electron chi connectivity index (χ4n) is 2.35. The van der Waals surface area contributed by atoms with Crippen LogP contribution >= 0.6 is 11.3 Å². The van der Waals surface area contributed by atoms with Gasteiger partial charge in [-0.15, -0.1) is 0 Å². The van der Waals surface area contributed by atoms with E-state index in [0.717, 1.165) is 5.56 Å². The normalized spacial score (nSPS) is 21.2. The van der Waals surface area contributed by atoms with Crippen molar-refractivity contribution in [3.8, 4) is 0 Å². The van der Waals surface area contributed by atoms with Gasteiger partial charge < -0.3 is 9.64 Å². The van der Waals surface area contributed by atoms with E-state index in [1.54, 1.807) is 13.1 Å². The molecule has 0 N–H and O–H groups in total. The van der Waals surface area contributed by atoms with Crippen LogP contribution in [0.3, 0.4) is 0 Å². The van der Waals surface area contributed by atoms with Gasteiger partial charge in [0.2, 0.25) is 0 Å². The van der Waals surface area contributed by atoms with Gasteiger partial charge in [0, 0.05) is 19.2 Å². The standard InChI is InChI=1S/C15H19NO5S2/c1-11(21-14(17)4-3-12-5-7-22-9-12)15(18)16(2)13-6-8-23(19,20)10-13/h3-5,7,9,11,13H,6,8,10H2,1-2H3/b4-3+/t11-,13-/m0/s1. The molecule has 23 heavy (non-hydrogen) atoms. The molecule has 2 heterocycles. The molecule has 1 fully saturated rings. The summed E-state index contributed by atoms with van der Waals surface area (Å²) in [7, 11) is -1.53. The molecule has 1 aromatic heterocycles. The first-order chi connectivity index (χ1) is 10.8. The third-order valence-electron chi connectivity index (χ3n) is 3.70. The second kappa shape index (κ2) is 7.27. The molecule has 1 aromatic rings. The quantitative estimate of drug-likeness (QED) is 0.587. The van der Waals surface area contributed by atoms with E-state index >= 15 is 0 Å². The summed E-state index contributed by atoms with van der Waals surface area (Å²) in [6.07, 6.45) is 2.35. The number of esters is 1. The Hall–Kier alpha value is -1.67. The van der Waals surface area contributed by atoms with Gasteiger partial charge in [-0.2, -0.15) is 11.3 Å². The van der Waals surface area contributed by atoms with Crippen molar-refractivity contribution in [1.82, 2.24) is 4.90 Å². The average molecular weight is 357 g/mol. The van der Waals surface area contributed by atoms with Gasteiger partial charge in [0.15, 0.2) is 15.9 Å². The van der Waals surface area contributed by atoms with Gasteiger partial charge in [-0.1, -0.05) is 0 Å². The van der Waals surface area contributed by atoms with Crippen molar-refractivity contribution in [1.29, 1.82) is 0 Å². The maximum atomic E-state index is 12.2. The summed E-state index contributed by atoms with van der Waals surface area (Å²) in [4.78, 5) is 25.3. The first-order valence-electron chi connectivity index (χ1n) is 7.16. The summed E-state index contributed by atoms with van der Waals surface area (Å²) in [5, 5.41) is 3.77. The Morgan fingerprint density at radius 1 is 1.48 bits per heavy atom. The van der Waals surface area contributed by atoms with Crippen LogP contribution < -0.4 is 0 Å². The van der Waals surface area contributed by atoms with Crippen LogP contribution in [0.2, 0.25) is 0 Å². The number of carbonyl (C=O) groups excluding carboxylic acids is 2. The molecule has 1 amide bonds. The van der Waals surface area contributed by atoms with Crippen molar-refractivity contribution in [3.05, 3.63) is 28.5 Å². The molecule has 2 atom stereocenters. The Morgan fingerprint density at radius 2 is 2.22 bits per heavy atom. The Bertz CT molecular complexity index is 693. The minimum Gasteiger partial charge on any atom is -0.449 e. The Morgan fingerprint density at radius 3 is 2.78 bits per heavy atom. The smallest absolute Gasteiger partial charge is 0.331 e. The van der Waals surface area contributed by atoms with Gasteiger partial charge in [0.05, 0.1) is 11.5 Å². The SMILES string of the molecule is C[C@H](OC(=O)/C=C/c1ccsc1)C(=O)N(C)[C@H]1CCS(=O)(=O)C1. The molecule has 1 saturated heterocycles. The van der Waals surface area contributed by atoms with E-state index in [1.807, 2.05) is 16.8 Å². The van der Waals surface area contributed by atoms with Gasteiger partial charge in [-0.3, -0.25) is 4.79 Å². The van der Waals surface area contributed by atoms with Gasteiger partial charge in [-0.05, 0) is 41.8 Å². The van der Waals surface area contributed by atoms with Crippen molar-refractivity contribution in [2.24, 2.45) is 0 Å². The summed E-state index contributed by atoms with van der Waals surface area (Å²) < 4.78 is 28.0. The molecule has 8 heteroatoms. The van der Waals surface area contributed by atoms with E-state index < -0.39 is 27.8 Å². The number of likely N-dealkylation sites (N-methyl/N-ethyl adjacent to an activating group) is 1. The highest BCUT2D eigenvalue weighted by molar-refractivity contribution is 7.91. The van der Waals surface area contributed by atoms with Crippen LogP contribution in [0, 0.1) is 0 Å². The molecule has 2 rings (SSSR count). The summed E-state index contributed by atoms with van der Waals surface area (Å²) in [5.41, 5.74) is 0.888. The number of sulfone groups is 1. The number of hydrogen-bond acceptors (Lipinski definition) is 6. The molecule has 0 unspecified atom stereocenters. The van der Waals surface area contributed by atoms with Crippen LogP contribution in [-0.2, 0) is 24.2 Å². The first-order valence-corrected chi connectivity index (χ1v) is 9.93. The van der Waals surface area contributed by atoms with E-state index in [0.29, 0.717) is 6.42 Å². The first kappa shape index (κ1) is 17.7. The molecular weight excluding hydrogens is 338 g/mol. The predicted octanol–water partition coefficient (Wildman–Crippen LogP) is 1.34. The number of thiophene rings is 1. The zero-order valence-electron chi connectivity index (χ0n) is 13.0. The molecule has 6 nitrogen and oxygen atoms in total. The number of ether oxygens (including phenoxy) is 1. The summed E-state index contributed by atoms with van der Waals surface area (Å²) in [5.74, 6) is -0.949. The van der Waals surface area contributed by atoms with E-state index in [-0.39, 0.29) is 17.5 Å². The van der Waals surface area contributed by atoms with Crippen LogP contribution in [-0.4, -0.2) is 55.9 Å². The van der Waals surface area contributed by atoms with E-state index in [2.05, 4.69) is 0 Å². The number of carbonyl (C=O) groups is 2. The lowest BCUT2D eigenvalue weighted by molar-refractivity contribution is -0.155. The Kier molecular flexibility index (Phi) is 5.59. The fourth-order valence-corrected chi connectivity index (χ4v) is 4.75. The van der Waals surface area contributed by atoms with E-state index in [1.165, 1.54) is 29.2 Å². The highest BCUT2D eigenvalue weighted by Crippen LogP contribution is 2.17. The van der Waals surface area contributed by atoms with Crippen LogP contribution in [0.15, 0.2) is 22.9 Å². The number of amides is 1. The lowest BCUT2D eigenvalue weighted by Crippen LogP contribution is -2.44. The fraction of sp³-hybridized carbons (Fsp3) is 0.467. The second-order valence-corrected chi connectivity index (χ2v) is 8.48. The maximum absolute atomic E-state index is 12.2. The van der Waals surface area contributed by atoms with Crippen LogP contribution in [0.25, 0.3) is 6.08 Å². The topological polar surface area (TPSA) is 80.8 Å².